The van der Waals surface area contributed by atoms with Gasteiger partial charge >= 0.3 is 0 Å². The van der Waals surface area contributed by atoms with Crippen molar-refractivity contribution in [3.8, 4) is 5.75 Å². The van der Waals surface area contributed by atoms with Crippen LogP contribution in [0.1, 0.15) is 18.4 Å². The molecule has 3 heterocycles. The first-order chi connectivity index (χ1) is 12.7. The summed E-state index contributed by atoms with van der Waals surface area (Å²) in [7, 11) is 0. The van der Waals surface area contributed by atoms with Crippen molar-refractivity contribution in [1.82, 2.24) is 14.9 Å². The Hall–Kier alpha value is -2.25. The molecule has 1 amide bonds. The minimum absolute atomic E-state index is 0.0107. The number of ether oxygens (including phenoxy) is 2. The average molecular weight is 371 g/mol. The summed E-state index contributed by atoms with van der Waals surface area (Å²) in [5.74, 6) is 0.646. The molecule has 0 bridgehead atoms. The summed E-state index contributed by atoms with van der Waals surface area (Å²) >= 11 is 1.73. The molecule has 1 aliphatic rings. The van der Waals surface area contributed by atoms with Crippen LogP contribution >= 0.6 is 11.3 Å². The Morgan fingerprint density at radius 3 is 2.96 bits per heavy atom. The zero-order valence-electron chi connectivity index (χ0n) is 14.7. The molecule has 0 atom stereocenters. The lowest BCUT2D eigenvalue weighted by Crippen LogP contribution is -2.42. The van der Waals surface area contributed by atoms with Crippen molar-refractivity contribution in [2.45, 2.75) is 19.8 Å². The van der Waals surface area contributed by atoms with E-state index in [9.17, 15) is 4.79 Å². The highest BCUT2D eigenvalue weighted by Crippen LogP contribution is 2.31. The van der Waals surface area contributed by atoms with Gasteiger partial charge in [0, 0.05) is 24.5 Å². The molecule has 26 heavy (non-hydrogen) atoms. The predicted octanol–water partition coefficient (Wildman–Crippen LogP) is 3.03. The van der Waals surface area contributed by atoms with Crippen LogP contribution in [0.3, 0.4) is 0 Å². The van der Waals surface area contributed by atoms with E-state index in [1.807, 2.05) is 24.4 Å². The number of aryl methyl sites for hydroxylation is 1. The van der Waals surface area contributed by atoms with Crippen LogP contribution < -0.4 is 4.74 Å². The van der Waals surface area contributed by atoms with Gasteiger partial charge in [0.15, 0.2) is 6.61 Å². The number of nitrogens with zero attached hydrogens (tertiary/aromatic N) is 3. The molecule has 1 aromatic carbocycles. The Labute approximate surface area is 155 Å². The van der Waals surface area contributed by atoms with Crippen molar-refractivity contribution in [3.63, 3.8) is 0 Å². The number of pyridine rings is 1. The molecule has 0 spiro atoms. The number of rotatable bonds is 5. The summed E-state index contributed by atoms with van der Waals surface area (Å²) < 4.78 is 12.1. The molecule has 6 nitrogen and oxygen atoms in total. The van der Waals surface area contributed by atoms with Crippen LogP contribution in [-0.2, 0) is 16.0 Å². The van der Waals surface area contributed by atoms with Gasteiger partial charge in [-0.3, -0.25) is 9.78 Å². The molecule has 0 radical (unpaired) electrons. The fraction of sp³-hybridized carbons (Fsp3) is 0.421. The number of hydrogen-bond acceptors (Lipinski definition) is 6. The van der Waals surface area contributed by atoms with Crippen LogP contribution in [0.5, 0.6) is 5.75 Å². The van der Waals surface area contributed by atoms with Crippen LogP contribution in [0, 0.1) is 0 Å². The van der Waals surface area contributed by atoms with Gasteiger partial charge in [0.05, 0.1) is 34.6 Å². The van der Waals surface area contributed by atoms with E-state index >= 15 is 0 Å². The number of aromatic nitrogens is 2. The molecule has 1 saturated heterocycles. The van der Waals surface area contributed by atoms with Gasteiger partial charge < -0.3 is 14.4 Å². The molecule has 0 aliphatic carbocycles. The lowest BCUT2D eigenvalue weighted by Gasteiger charge is -2.26. The van der Waals surface area contributed by atoms with E-state index in [1.54, 1.807) is 16.2 Å². The standard InChI is InChI=1S/C19H21N3O3S/c1-2-3-17-21-16-11-20-15-10-13(4-5-14(15)19(16)26-17)25-12-18(23)22-6-8-24-9-7-22/h4-5,10-11H,2-3,6-9,12H2,1H3. The summed E-state index contributed by atoms with van der Waals surface area (Å²) in [6, 6.07) is 5.79. The van der Waals surface area contributed by atoms with Gasteiger partial charge in [-0.1, -0.05) is 6.92 Å². The van der Waals surface area contributed by atoms with Gasteiger partial charge in [-0.15, -0.1) is 11.3 Å². The summed E-state index contributed by atoms with van der Waals surface area (Å²) in [5.41, 5.74) is 1.81. The first kappa shape index (κ1) is 17.2. The molecular formula is C19H21N3O3S. The molecule has 0 unspecified atom stereocenters. The smallest absolute Gasteiger partial charge is 0.260 e. The van der Waals surface area contributed by atoms with E-state index in [0.717, 1.165) is 39.0 Å². The number of thiazole rings is 1. The minimum Gasteiger partial charge on any atom is -0.484 e. The largest absolute Gasteiger partial charge is 0.484 e. The van der Waals surface area contributed by atoms with Crippen molar-refractivity contribution < 1.29 is 14.3 Å². The van der Waals surface area contributed by atoms with E-state index in [2.05, 4.69) is 16.9 Å². The molecule has 0 saturated carbocycles. The molecule has 4 rings (SSSR count). The third kappa shape index (κ3) is 3.50. The highest BCUT2D eigenvalue weighted by Gasteiger charge is 2.17. The van der Waals surface area contributed by atoms with Gasteiger partial charge in [-0.25, -0.2) is 4.98 Å². The molecule has 0 N–H and O–H groups in total. The number of hydrogen-bond donors (Lipinski definition) is 0. The van der Waals surface area contributed by atoms with E-state index in [4.69, 9.17) is 9.47 Å². The van der Waals surface area contributed by atoms with Crippen LogP contribution in [0.25, 0.3) is 21.1 Å². The van der Waals surface area contributed by atoms with Crippen LogP contribution in [0.2, 0.25) is 0 Å². The maximum absolute atomic E-state index is 12.2. The Morgan fingerprint density at radius 1 is 1.31 bits per heavy atom. The van der Waals surface area contributed by atoms with Gasteiger partial charge in [0.1, 0.15) is 11.3 Å². The molecule has 1 fully saturated rings. The van der Waals surface area contributed by atoms with E-state index < -0.39 is 0 Å². The summed E-state index contributed by atoms with van der Waals surface area (Å²) in [6.45, 7) is 4.64. The third-order valence-corrected chi connectivity index (χ3v) is 5.59. The van der Waals surface area contributed by atoms with Crippen molar-refractivity contribution in [2.75, 3.05) is 32.9 Å². The van der Waals surface area contributed by atoms with Crippen molar-refractivity contribution in [2.24, 2.45) is 0 Å². The van der Waals surface area contributed by atoms with Gasteiger partial charge in [-0.05, 0) is 25.0 Å². The fourth-order valence-electron chi connectivity index (χ4n) is 3.06. The number of carbonyl (C=O) groups is 1. The predicted molar refractivity (Wildman–Crippen MR) is 102 cm³/mol. The monoisotopic (exact) mass is 371 g/mol. The number of fused-ring (bicyclic) bond motifs is 3. The number of amides is 1. The first-order valence-electron chi connectivity index (χ1n) is 8.91. The summed E-state index contributed by atoms with van der Waals surface area (Å²) in [5, 5.41) is 2.22. The Balaban J connectivity index is 1.51. The maximum Gasteiger partial charge on any atom is 0.260 e. The molecule has 7 heteroatoms. The molecule has 136 valence electrons. The summed E-state index contributed by atoms with van der Waals surface area (Å²) in [4.78, 5) is 23.1. The number of carbonyl (C=O) groups excluding carboxylic acids is 1. The molecule has 2 aromatic heterocycles. The SMILES string of the molecule is CCCc1nc2cnc3cc(OCC(=O)N4CCOCC4)ccc3c2s1. The van der Waals surface area contributed by atoms with Gasteiger partial charge in [0.25, 0.3) is 5.91 Å². The topological polar surface area (TPSA) is 64.6 Å². The zero-order valence-corrected chi connectivity index (χ0v) is 15.6. The second-order valence-electron chi connectivity index (χ2n) is 6.29. The maximum atomic E-state index is 12.2. The number of morpholine rings is 1. The third-order valence-electron chi connectivity index (χ3n) is 4.43. The second kappa shape index (κ2) is 7.55. The Bertz CT molecular complexity index is 934. The average Bonchev–Trinajstić information content (AvgIpc) is 3.10. The molecule has 1 aliphatic heterocycles. The van der Waals surface area contributed by atoms with E-state index in [-0.39, 0.29) is 12.5 Å². The molecule has 3 aromatic rings. The van der Waals surface area contributed by atoms with Crippen molar-refractivity contribution >= 4 is 38.4 Å². The minimum atomic E-state index is -0.0107. The zero-order chi connectivity index (χ0) is 17.9. The fourth-order valence-corrected chi connectivity index (χ4v) is 4.23. The Morgan fingerprint density at radius 2 is 2.15 bits per heavy atom. The van der Waals surface area contributed by atoms with Crippen molar-refractivity contribution in [1.29, 1.82) is 0 Å². The quantitative estimate of drug-likeness (QED) is 0.690. The van der Waals surface area contributed by atoms with E-state index in [0.29, 0.717) is 32.1 Å². The highest BCUT2D eigenvalue weighted by molar-refractivity contribution is 7.19. The lowest BCUT2D eigenvalue weighted by molar-refractivity contribution is -0.137. The highest BCUT2D eigenvalue weighted by atomic mass is 32.1. The second-order valence-corrected chi connectivity index (χ2v) is 7.37. The summed E-state index contributed by atoms with van der Waals surface area (Å²) in [6.07, 6.45) is 3.89. The van der Waals surface area contributed by atoms with Crippen LogP contribution in [0.15, 0.2) is 24.4 Å². The lowest BCUT2D eigenvalue weighted by atomic mass is 10.2. The van der Waals surface area contributed by atoms with E-state index in [1.165, 1.54) is 0 Å². The van der Waals surface area contributed by atoms with Gasteiger partial charge in [-0.2, -0.15) is 0 Å². The van der Waals surface area contributed by atoms with Gasteiger partial charge in [0.2, 0.25) is 0 Å². The first-order valence-corrected chi connectivity index (χ1v) is 9.73. The Kier molecular flexibility index (Phi) is 4.99. The van der Waals surface area contributed by atoms with Crippen molar-refractivity contribution in [3.05, 3.63) is 29.4 Å². The van der Waals surface area contributed by atoms with Crippen LogP contribution in [0.4, 0.5) is 0 Å². The normalized spacial score (nSPS) is 14.9. The molecular weight excluding hydrogens is 350 g/mol. The number of benzene rings is 1. The van der Waals surface area contributed by atoms with Crippen LogP contribution in [-0.4, -0.2) is 53.7 Å².